The summed E-state index contributed by atoms with van der Waals surface area (Å²) in [7, 11) is 0. The summed E-state index contributed by atoms with van der Waals surface area (Å²) >= 11 is 0. The molecule has 0 nitrogen and oxygen atoms in total. The molecule has 0 atom stereocenters. The highest BCUT2D eigenvalue weighted by Gasteiger charge is 2.36. The minimum Gasteiger partial charge on any atom is -0.0619 e. The average molecular weight is 653 g/mol. The van der Waals surface area contributed by atoms with Crippen molar-refractivity contribution in [2.24, 2.45) is 0 Å². The van der Waals surface area contributed by atoms with E-state index in [1.54, 1.807) is 0 Å². The van der Waals surface area contributed by atoms with Gasteiger partial charge in [-0.2, -0.15) is 0 Å². The van der Waals surface area contributed by atoms with E-state index >= 15 is 0 Å². The molecule has 0 spiro atoms. The molecule has 0 fully saturated rings. The Morgan fingerprint density at radius 3 is 1.51 bits per heavy atom. The molecule has 244 valence electrons. The second-order valence-corrected chi connectivity index (χ2v) is 15.8. The van der Waals surface area contributed by atoms with Crippen LogP contribution in [-0.2, 0) is 10.8 Å². The molecule has 51 heavy (non-hydrogen) atoms. The van der Waals surface area contributed by atoms with Gasteiger partial charge in [0.2, 0.25) is 0 Å². The second kappa shape index (κ2) is 10.6. The van der Waals surface area contributed by atoms with Crippen molar-refractivity contribution in [3.63, 3.8) is 0 Å². The zero-order valence-corrected chi connectivity index (χ0v) is 29.9. The lowest BCUT2D eigenvalue weighted by Gasteiger charge is -2.22. The first-order chi connectivity index (χ1) is 24.7. The second-order valence-electron chi connectivity index (χ2n) is 15.8. The minimum absolute atomic E-state index is 0.0117. The number of benzene rings is 8. The van der Waals surface area contributed by atoms with Crippen molar-refractivity contribution in [2.75, 3.05) is 0 Å². The normalized spacial score (nSPS) is 14.7. The van der Waals surface area contributed by atoms with Crippen LogP contribution in [0.1, 0.15) is 55.5 Å². The lowest BCUT2D eigenvalue weighted by molar-refractivity contribution is 0.660. The summed E-state index contributed by atoms with van der Waals surface area (Å²) < 4.78 is 0. The Labute approximate surface area is 301 Å². The molecule has 0 saturated heterocycles. The molecule has 8 aromatic carbocycles. The largest absolute Gasteiger partial charge is 0.0619 e. The van der Waals surface area contributed by atoms with Gasteiger partial charge in [0.15, 0.2) is 0 Å². The standard InChI is InChI=1S/C51H40/c1-31-18-25-41-43(28-31)49(35-24-27-46-42(29-35)37-13-9-11-17-45(37)50(46,2)3)40-15-7-6-14-39(40)48(41)33-21-19-32(20-22-33)34-23-26-38-36-12-8-10-16-44(36)51(4,5)47(38)30-34/h6-30H,1-5H3. The lowest BCUT2D eigenvalue weighted by atomic mass is 9.81. The lowest BCUT2D eigenvalue weighted by Crippen LogP contribution is -2.14. The van der Waals surface area contributed by atoms with Crippen LogP contribution in [-0.4, -0.2) is 0 Å². The number of hydrogen-bond acceptors (Lipinski definition) is 0. The van der Waals surface area contributed by atoms with E-state index < -0.39 is 0 Å². The highest BCUT2D eigenvalue weighted by Crippen LogP contribution is 2.52. The van der Waals surface area contributed by atoms with Gasteiger partial charge in [-0.05, 0) is 118 Å². The average Bonchev–Trinajstić information content (AvgIpc) is 3.53. The fourth-order valence-electron chi connectivity index (χ4n) is 9.50. The zero-order valence-electron chi connectivity index (χ0n) is 29.9. The molecule has 8 aromatic rings. The molecular weight excluding hydrogens is 613 g/mol. The topological polar surface area (TPSA) is 0 Å². The van der Waals surface area contributed by atoms with Gasteiger partial charge in [0.25, 0.3) is 0 Å². The predicted octanol–water partition coefficient (Wildman–Crippen LogP) is 13.9. The summed E-state index contributed by atoms with van der Waals surface area (Å²) in [5.74, 6) is 0. The summed E-state index contributed by atoms with van der Waals surface area (Å²) in [5, 5.41) is 5.18. The molecule has 0 aromatic heterocycles. The van der Waals surface area contributed by atoms with Gasteiger partial charge in [0, 0.05) is 10.8 Å². The van der Waals surface area contributed by atoms with E-state index in [1.807, 2.05) is 0 Å². The smallest absolute Gasteiger partial charge is 0.0159 e. The molecular formula is C51H40. The van der Waals surface area contributed by atoms with Gasteiger partial charge >= 0.3 is 0 Å². The fourth-order valence-corrected chi connectivity index (χ4v) is 9.50. The van der Waals surface area contributed by atoms with Crippen molar-refractivity contribution in [1.29, 1.82) is 0 Å². The van der Waals surface area contributed by atoms with Gasteiger partial charge in [-0.3, -0.25) is 0 Å². The molecule has 0 N–H and O–H groups in total. The highest BCUT2D eigenvalue weighted by atomic mass is 14.4. The molecule has 10 rings (SSSR count). The molecule has 0 aliphatic heterocycles. The molecule has 0 radical (unpaired) electrons. The first-order valence-electron chi connectivity index (χ1n) is 18.3. The summed E-state index contributed by atoms with van der Waals surface area (Å²) in [4.78, 5) is 0. The number of aryl methyl sites for hydroxylation is 1. The molecule has 0 amide bonds. The summed E-state index contributed by atoms with van der Waals surface area (Å²) in [6.07, 6.45) is 0. The van der Waals surface area contributed by atoms with E-state index in [1.165, 1.54) is 105 Å². The Morgan fingerprint density at radius 1 is 0.314 bits per heavy atom. The van der Waals surface area contributed by atoms with Gasteiger partial charge < -0.3 is 0 Å². The van der Waals surface area contributed by atoms with Crippen molar-refractivity contribution in [2.45, 2.75) is 45.4 Å². The van der Waals surface area contributed by atoms with Gasteiger partial charge in [0.05, 0.1) is 0 Å². The number of fused-ring (bicyclic) bond motifs is 8. The van der Waals surface area contributed by atoms with E-state index in [9.17, 15) is 0 Å². The van der Waals surface area contributed by atoms with Crippen molar-refractivity contribution >= 4 is 21.5 Å². The quantitative estimate of drug-likeness (QED) is 0.167. The third-order valence-corrected chi connectivity index (χ3v) is 12.1. The molecule has 2 aliphatic carbocycles. The van der Waals surface area contributed by atoms with Gasteiger partial charge in [0.1, 0.15) is 0 Å². The Morgan fingerprint density at radius 2 is 0.804 bits per heavy atom. The third-order valence-electron chi connectivity index (χ3n) is 12.1. The van der Waals surface area contributed by atoms with Crippen molar-refractivity contribution in [3.05, 3.63) is 179 Å². The fraction of sp³-hybridized carbons (Fsp3) is 0.137. The van der Waals surface area contributed by atoms with E-state index in [2.05, 4.69) is 186 Å². The first-order valence-corrected chi connectivity index (χ1v) is 18.3. The zero-order chi connectivity index (χ0) is 34.6. The van der Waals surface area contributed by atoms with E-state index in [0.717, 1.165) is 0 Å². The van der Waals surface area contributed by atoms with Crippen molar-refractivity contribution in [3.8, 4) is 55.6 Å². The summed E-state index contributed by atoms with van der Waals surface area (Å²) in [6.45, 7) is 11.6. The molecule has 0 unspecified atom stereocenters. The summed E-state index contributed by atoms with van der Waals surface area (Å²) in [6, 6.07) is 57.4. The van der Waals surface area contributed by atoms with Crippen LogP contribution in [0.3, 0.4) is 0 Å². The van der Waals surface area contributed by atoms with Gasteiger partial charge in [-0.1, -0.05) is 173 Å². The molecule has 0 heteroatoms. The SMILES string of the molecule is Cc1ccc2c(-c3ccc(-c4ccc5c(c4)C(C)(C)c4ccccc4-5)cc3)c3ccccc3c(-c3ccc4c(c3)-c3ccccc3C4(C)C)c2c1. The van der Waals surface area contributed by atoms with Crippen LogP contribution in [0.25, 0.3) is 77.2 Å². The van der Waals surface area contributed by atoms with Crippen LogP contribution < -0.4 is 0 Å². The first kappa shape index (κ1) is 30.1. The van der Waals surface area contributed by atoms with Gasteiger partial charge in [-0.15, -0.1) is 0 Å². The van der Waals surface area contributed by atoms with Crippen LogP contribution in [0, 0.1) is 6.92 Å². The predicted molar refractivity (Wildman–Crippen MR) is 218 cm³/mol. The molecule has 2 aliphatic rings. The summed E-state index contributed by atoms with van der Waals surface area (Å²) in [5.41, 5.74) is 20.0. The Bertz CT molecular complexity index is 2740. The van der Waals surface area contributed by atoms with Crippen molar-refractivity contribution < 1.29 is 0 Å². The van der Waals surface area contributed by atoms with E-state index in [4.69, 9.17) is 0 Å². The third kappa shape index (κ3) is 4.26. The van der Waals surface area contributed by atoms with Crippen molar-refractivity contribution in [1.82, 2.24) is 0 Å². The van der Waals surface area contributed by atoms with E-state index in [-0.39, 0.29) is 10.8 Å². The highest BCUT2D eigenvalue weighted by molar-refractivity contribution is 6.21. The van der Waals surface area contributed by atoms with Crippen LogP contribution in [0.4, 0.5) is 0 Å². The monoisotopic (exact) mass is 652 g/mol. The number of hydrogen-bond donors (Lipinski definition) is 0. The Balaban J connectivity index is 1.13. The van der Waals surface area contributed by atoms with Crippen LogP contribution in [0.2, 0.25) is 0 Å². The Hall–Kier alpha value is -5.72. The maximum absolute atomic E-state index is 2.46. The minimum atomic E-state index is -0.0159. The molecule has 0 heterocycles. The molecule has 0 bridgehead atoms. The maximum Gasteiger partial charge on any atom is 0.0159 e. The molecule has 0 saturated carbocycles. The maximum atomic E-state index is 2.46. The van der Waals surface area contributed by atoms with E-state index in [0.29, 0.717) is 0 Å². The van der Waals surface area contributed by atoms with Crippen LogP contribution >= 0.6 is 0 Å². The number of rotatable bonds is 3. The Kier molecular flexibility index (Phi) is 6.29. The van der Waals surface area contributed by atoms with Gasteiger partial charge in [-0.25, -0.2) is 0 Å². The van der Waals surface area contributed by atoms with Crippen LogP contribution in [0.15, 0.2) is 152 Å². The van der Waals surface area contributed by atoms with Crippen LogP contribution in [0.5, 0.6) is 0 Å².